The van der Waals surface area contributed by atoms with Crippen molar-refractivity contribution in [2.45, 2.75) is 84.9 Å². The first kappa shape index (κ1) is 43.2. The maximum absolute atomic E-state index is 14.2. The smallest absolute Gasteiger partial charge is 0.409 e. The van der Waals surface area contributed by atoms with E-state index in [4.69, 9.17) is 10.5 Å². The summed E-state index contributed by atoms with van der Waals surface area (Å²) >= 11 is 0. The highest BCUT2D eigenvalue weighted by molar-refractivity contribution is 6.12. The summed E-state index contributed by atoms with van der Waals surface area (Å²) in [4.78, 5) is 91.0. The van der Waals surface area contributed by atoms with E-state index in [2.05, 4.69) is 16.0 Å². The lowest BCUT2D eigenvalue weighted by atomic mass is 9.93. The first-order chi connectivity index (χ1) is 24.5. The van der Waals surface area contributed by atoms with Gasteiger partial charge in [-0.25, -0.2) is 14.4 Å². The van der Waals surface area contributed by atoms with Crippen LogP contribution in [-0.4, -0.2) is 109 Å². The van der Waals surface area contributed by atoms with Crippen molar-refractivity contribution in [3.05, 3.63) is 42.0 Å². The van der Waals surface area contributed by atoms with Gasteiger partial charge in [0.05, 0.1) is 0 Å². The van der Waals surface area contributed by atoms with Crippen molar-refractivity contribution in [2.24, 2.45) is 17.1 Å². The van der Waals surface area contributed by atoms with E-state index in [1.54, 1.807) is 45.2 Å². The van der Waals surface area contributed by atoms with E-state index in [0.29, 0.717) is 37.9 Å². The van der Waals surface area contributed by atoms with Crippen LogP contribution in [0.15, 0.2) is 36.4 Å². The molecular formula is C36H55N7O9. The van der Waals surface area contributed by atoms with Crippen LogP contribution < -0.4 is 26.6 Å². The average Bonchev–Trinajstić information content (AvgIpc) is 3.39. The molecule has 1 heterocycles. The summed E-state index contributed by atoms with van der Waals surface area (Å²) in [5, 5.41) is 18.6. The molecule has 288 valence electrons. The molecule has 0 aliphatic carbocycles. The Labute approximate surface area is 305 Å². The average molecular weight is 730 g/mol. The van der Waals surface area contributed by atoms with Gasteiger partial charge in [0, 0.05) is 57.5 Å². The Morgan fingerprint density at radius 2 is 1.62 bits per heavy atom. The van der Waals surface area contributed by atoms with Gasteiger partial charge in [-0.15, -0.1) is 0 Å². The quantitative estimate of drug-likeness (QED) is 0.0866. The fourth-order valence-electron chi connectivity index (χ4n) is 5.87. The lowest BCUT2D eigenvalue weighted by Crippen LogP contribution is -2.56. The third-order valence-electron chi connectivity index (χ3n) is 8.43. The monoisotopic (exact) mass is 729 g/mol. The zero-order valence-electron chi connectivity index (χ0n) is 31.1. The molecule has 0 aromatic heterocycles. The fourth-order valence-corrected chi connectivity index (χ4v) is 5.87. The SMILES string of the molecule is CNCC(C)(C)CN(C)C(=O)OCc1ccc(N(C(=O)[C@@H](NC(=O)CCCCCN2C(=O)C=CC2=O)C(C)C)[C@@H](CCCNC(N)=O)C(=O)O)cc1. The molecule has 0 bridgehead atoms. The molecule has 0 saturated carbocycles. The van der Waals surface area contributed by atoms with Crippen LogP contribution in [0.2, 0.25) is 0 Å². The number of carboxylic acid groups (broad SMARTS) is 1. The Morgan fingerprint density at radius 1 is 0.981 bits per heavy atom. The molecule has 7 amide bonds. The molecule has 16 nitrogen and oxygen atoms in total. The van der Waals surface area contributed by atoms with Gasteiger partial charge in [-0.1, -0.05) is 46.2 Å². The number of ether oxygens (including phenoxy) is 1. The van der Waals surface area contributed by atoms with Gasteiger partial charge in [-0.2, -0.15) is 0 Å². The third kappa shape index (κ3) is 14.0. The topological polar surface area (TPSA) is 221 Å². The predicted octanol–water partition coefficient (Wildman–Crippen LogP) is 2.36. The van der Waals surface area contributed by atoms with Crippen molar-refractivity contribution in [1.29, 1.82) is 0 Å². The Kier molecular flexibility index (Phi) is 17.2. The van der Waals surface area contributed by atoms with E-state index >= 15 is 0 Å². The molecule has 0 spiro atoms. The number of nitrogens with two attached hydrogens (primary N) is 1. The van der Waals surface area contributed by atoms with Crippen LogP contribution in [0.25, 0.3) is 0 Å². The van der Waals surface area contributed by atoms with E-state index in [-0.39, 0.29) is 61.9 Å². The summed E-state index contributed by atoms with van der Waals surface area (Å²) in [6.45, 7) is 8.96. The summed E-state index contributed by atoms with van der Waals surface area (Å²) in [6.07, 6.45) is 3.68. The van der Waals surface area contributed by atoms with Gasteiger partial charge in [0.15, 0.2) is 0 Å². The highest BCUT2D eigenvalue weighted by Gasteiger charge is 2.37. The molecule has 0 fully saturated rings. The minimum atomic E-state index is -1.36. The number of amides is 7. The van der Waals surface area contributed by atoms with E-state index in [0.717, 1.165) is 9.80 Å². The van der Waals surface area contributed by atoms with Crippen LogP contribution in [0.1, 0.15) is 71.8 Å². The Bertz CT molecular complexity index is 1430. The van der Waals surface area contributed by atoms with Crippen molar-refractivity contribution < 1.29 is 43.4 Å². The number of anilines is 1. The van der Waals surface area contributed by atoms with Crippen molar-refractivity contribution >= 4 is 47.4 Å². The molecule has 0 unspecified atom stereocenters. The Hall–Kier alpha value is -4.99. The number of aliphatic carboxylic acids is 1. The van der Waals surface area contributed by atoms with Crippen LogP contribution in [0.5, 0.6) is 0 Å². The van der Waals surface area contributed by atoms with Gasteiger partial charge >= 0.3 is 18.1 Å². The zero-order chi connectivity index (χ0) is 39.0. The molecule has 6 N–H and O–H groups in total. The van der Waals surface area contributed by atoms with Gasteiger partial charge in [-0.05, 0) is 61.8 Å². The van der Waals surface area contributed by atoms with Crippen LogP contribution in [0, 0.1) is 11.3 Å². The van der Waals surface area contributed by atoms with Crippen molar-refractivity contribution in [3.8, 4) is 0 Å². The molecule has 1 aliphatic heterocycles. The van der Waals surface area contributed by atoms with E-state index in [1.165, 1.54) is 17.1 Å². The molecular weight excluding hydrogens is 674 g/mol. The Morgan fingerprint density at radius 3 is 2.17 bits per heavy atom. The lowest BCUT2D eigenvalue weighted by Gasteiger charge is -2.34. The number of unbranched alkanes of at least 4 members (excludes halogenated alkanes) is 2. The molecule has 1 aromatic rings. The highest BCUT2D eigenvalue weighted by Crippen LogP contribution is 2.24. The fraction of sp³-hybridized carbons (Fsp3) is 0.583. The number of carboxylic acids is 1. The third-order valence-corrected chi connectivity index (χ3v) is 8.43. The minimum absolute atomic E-state index is 0.0345. The molecule has 2 atom stereocenters. The van der Waals surface area contributed by atoms with Gasteiger partial charge in [0.2, 0.25) is 5.91 Å². The first-order valence-corrected chi connectivity index (χ1v) is 17.5. The predicted molar refractivity (Wildman–Crippen MR) is 194 cm³/mol. The van der Waals surface area contributed by atoms with Crippen molar-refractivity contribution in [1.82, 2.24) is 25.8 Å². The number of nitrogens with one attached hydrogen (secondary N) is 3. The van der Waals surface area contributed by atoms with Crippen LogP contribution in [-0.2, 0) is 35.3 Å². The summed E-state index contributed by atoms with van der Waals surface area (Å²) in [5.41, 5.74) is 5.83. The standard InChI is InChI=1S/C36H55N7O9/c1-24(2)31(40-28(44)12-8-7-9-20-42-29(45)17-18-30(42)46)32(47)43(27(33(48)49)11-10-19-39-34(37)50)26-15-13-25(14-16-26)21-52-35(51)41(6)23-36(3,4)22-38-5/h13-18,24,27,31,38H,7-12,19-23H2,1-6H3,(H,40,44)(H,48,49)(H3,37,39,50)/t27-,31-/m0/s1. The zero-order valence-corrected chi connectivity index (χ0v) is 31.1. The second-order valence-corrected chi connectivity index (χ2v) is 14.0. The van der Waals surface area contributed by atoms with Crippen LogP contribution >= 0.6 is 0 Å². The molecule has 16 heteroatoms. The highest BCUT2D eigenvalue weighted by atomic mass is 16.6. The summed E-state index contributed by atoms with van der Waals surface area (Å²) in [7, 11) is 3.49. The Balaban J connectivity index is 2.19. The molecule has 0 radical (unpaired) electrons. The van der Waals surface area contributed by atoms with Crippen molar-refractivity contribution in [3.63, 3.8) is 0 Å². The number of rotatable bonds is 22. The molecule has 2 rings (SSSR count). The number of carbonyl (C=O) groups is 7. The van der Waals surface area contributed by atoms with Crippen LogP contribution in [0.4, 0.5) is 15.3 Å². The number of urea groups is 1. The van der Waals surface area contributed by atoms with Crippen LogP contribution in [0.3, 0.4) is 0 Å². The molecule has 0 saturated heterocycles. The maximum Gasteiger partial charge on any atom is 0.409 e. The molecule has 52 heavy (non-hydrogen) atoms. The normalized spacial score (nSPS) is 13.9. The number of benzene rings is 1. The number of primary amides is 1. The number of carbonyl (C=O) groups excluding carboxylic acids is 6. The largest absolute Gasteiger partial charge is 0.480 e. The van der Waals surface area contributed by atoms with E-state index in [9.17, 15) is 38.7 Å². The number of nitrogens with zero attached hydrogens (tertiary/aromatic N) is 3. The van der Waals surface area contributed by atoms with Gasteiger partial charge in [0.1, 0.15) is 18.7 Å². The summed E-state index contributed by atoms with van der Waals surface area (Å²) in [5.74, 6) is -3.48. The second kappa shape index (κ2) is 20.8. The summed E-state index contributed by atoms with van der Waals surface area (Å²) < 4.78 is 5.49. The maximum atomic E-state index is 14.2. The van der Waals surface area contributed by atoms with Crippen molar-refractivity contribution in [2.75, 3.05) is 45.2 Å². The number of imide groups is 1. The van der Waals surface area contributed by atoms with Gasteiger partial charge < -0.3 is 36.4 Å². The molecule has 1 aliphatic rings. The van der Waals surface area contributed by atoms with E-state index < -0.39 is 47.9 Å². The number of hydrogen-bond acceptors (Lipinski definition) is 9. The number of hydrogen-bond donors (Lipinski definition) is 5. The van der Waals surface area contributed by atoms with Gasteiger partial charge in [-0.3, -0.25) is 29.0 Å². The minimum Gasteiger partial charge on any atom is -0.480 e. The first-order valence-electron chi connectivity index (χ1n) is 17.5. The second-order valence-electron chi connectivity index (χ2n) is 14.0. The lowest BCUT2D eigenvalue weighted by molar-refractivity contribution is -0.141. The van der Waals surface area contributed by atoms with E-state index in [1.807, 2.05) is 20.9 Å². The van der Waals surface area contributed by atoms with Gasteiger partial charge in [0.25, 0.3) is 17.7 Å². The summed E-state index contributed by atoms with van der Waals surface area (Å²) in [6, 6.07) is 3.18. The molecule has 1 aromatic carbocycles.